The van der Waals surface area contributed by atoms with Crippen molar-refractivity contribution >= 4 is 5.96 Å². The molecular weight excluding hydrogens is 288 g/mol. The predicted molar refractivity (Wildman–Crippen MR) is 92.4 cm³/mol. The number of guanidine groups is 1. The topological polar surface area (TPSA) is 62.9 Å². The number of rotatable bonds is 4. The number of nitrogens with zero attached hydrogens (tertiary/aromatic N) is 2. The van der Waals surface area contributed by atoms with Crippen LogP contribution in [0.5, 0.6) is 0 Å². The SMILES string of the molecule is CCN1CCCC1CN=C(N)NC1C2CCOC2C12CCCC2. The van der Waals surface area contributed by atoms with Gasteiger partial charge in [0, 0.05) is 30.0 Å². The summed E-state index contributed by atoms with van der Waals surface area (Å²) < 4.78 is 6.04. The molecule has 4 aliphatic rings. The van der Waals surface area contributed by atoms with E-state index in [4.69, 9.17) is 15.5 Å². The fourth-order valence-electron chi connectivity index (χ4n) is 5.83. The molecule has 130 valence electrons. The summed E-state index contributed by atoms with van der Waals surface area (Å²) in [7, 11) is 0. The fourth-order valence-corrected chi connectivity index (χ4v) is 5.83. The maximum atomic E-state index is 6.26. The van der Waals surface area contributed by atoms with Gasteiger partial charge in [0.25, 0.3) is 0 Å². The van der Waals surface area contributed by atoms with E-state index in [9.17, 15) is 0 Å². The molecule has 1 spiro atoms. The van der Waals surface area contributed by atoms with Crippen LogP contribution in [0.2, 0.25) is 0 Å². The molecule has 0 bridgehead atoms. The van der Waals surface area contributed by atoms with Crippen LogP contribution >= 0.6 is 0 Å². The van der Waals surface area contributed by atoms with Crippen molar-refractivity contribution in [3.63, 3.8) is 0 Å². The van der Waals surface area contributed by atoms with E-state index in [0.717, 1.165) is 19.7 Å². The first-order chi connectivity index (χ1) is 11.2. The molecule has 2 heterocycles. The Hall–Kier alpha value is -0.810. The highest BCUT2D eigenvalue weighted by Crippen LogP contribution is 2.60. The molecule has 4 rings (SSSR count). The summed E-state index contributed by atoms with van der Waals surface area (Å²) in [6, 6.07) is 1.08. The van der Waals surface area contributed by atoms with Gasteiger partial charge >= 0.3 is 0 Å². The second kappa shape index (κ2) is 6.25. The average molecular weight is 320 g/mol. The lowest BCUT2D eigenvalue weighted by Gasteiger charge is -2.57. The number of aliphatic imine (C=N–C) groups is 1. The van der Waals surface area contributed by atoms with Crippen LogP contribution in [0.15, 0.2) is 4.99 Å². The Bertz CT molecular complexity index is 460. The number of hydrogen-bond donors (Lipinski definition) is 2. The first kappa shape index (κ1) is 15.7. The predicted octanol–water partition coefficient (Wildman–Crippen LogP) is 1.72. The summed E-state index contributed by atoms with van der Waals surface area (Å²) in [5, 5.41) is 3.61. The Morgan fingerprint density at radius 2 is 2.13 bits per heavy atom. The summed E-state index contributed by atoms with van der Waals surface area (Å²) in [4.78, 5) is 7.22. The van der Waals surface area contributed by atoms with Crippen molar-refractivity contribution in [1.29, 1.82) is 0 Å². The van der Waals surface area contributed by atoms with Crippen molar-refractivity contribution in [2.75, 3.05) is 26.2 Å². The molecule has 3 N–H and O–H groups in total. The van der Waals surface area contributed by atoms with Crippen molar-refractivity contribution < 1.29 is 4.74 Å². The largest absolute Gasteiger partial charge is 0.377 e. The van der Waals surface area contributed by atoms with Crippen LogP contribution < -0.4 is 11.1 Å². The van der Waals surface area contributed by atoms with Gasteiger partial charge in [-0.25, -0.2) is 0 Å². The fraction of sp³-hybridized carbons (Fsp3) is 0.944. The van der Waals surface area contributed by atoms with Gasteiger partial charge in [0.2, 0.25) is 0 Å². The van der Waals surface area contributed by atoms with E-state index >= 15 is 0 Å². The number of likely N-dealkylation sites (N-methyl/N-ethyl adjacent to an activating group) is 1. The van der Waals surface area contributed by atoms with E-state index in [-0.39, 0.29) is 0 Å². The lowest BCUT2D eigenvalue weighted by atomic mass is 9.54. The van der Waals surface area contributed by atoms with E-state index in [2.05, 4.69) is 17.1 Å². The Morgan fingerprint density at radius 3 is 2.91 bits per heavy atom. The number of nitrogens with two attached hydrogens (primary N) is 1. The minimum absolute atomic E-state index is 0.351. The van der Waals surface area contributed by atoms with Crippen LogP contribution in [-0.2, 0) is 4.74 Å². The van der Waals surface area contributed by atoms with Crippen LogP contribution in [0.3, 0.4) is 0 Å². The molecule has 5 heteroatoms. The van der Waals surface area contributed by atoms with Crippen molar-refractivity contribution in [2.45, 2.75) is 70.1 Å². The van der Waals surface area contributed by atoms with Gasteiger partial charge in [-0.3, -0.25) is 9.89 Å². The second-order valence-electron chi connectivity index (χ2n) is 7.96. The zero-order valence-corrected chi connectivity index (χ0v) is 14.5. The highest BCUT2D eigenvalue weighted by molar-refractivity contribution is 5.78. The van der Waals surface area contributed by atoms with Crippen LogP contribution in [-0.4, -0.2) is 55.3 Å². The van der Waals surface area contributed by atoms with Gasteiger partial charge in [-0.05, 0) is 45.2 Å². The summed E-state index contributed by atoms with van der Waals surface area (Å²) in [5.74, 6) is 1.31. The molecule has 2 saturated heterocycles. The molecule has 2 aliphatic heterocycles. The lowest BCUT2D eigenvalue weighted by molar-refractivity contribution is -0.124. The van der Waals surface area contributed by atoms with E-state index in [0.29, 0.717) is 35.5 Å². The van der Waals surface area contributed by atoms with Crippen LogP contribution in [0.25, 0.3) is 0 Å². The molecule has 4 unspecified atom stereocenters. The standard InChI is InChI=1S/C18H32N4O/c1-2-22-10-5-6-13(22)12-20-17(19)21-15-14-7-11-23-16(14)18(15)8-3-4-9-18/h13-16H,2-12H2,1H3,(H3,19,20,21). The number of fused-ring (bicyclic) bond motifs is 2. The molecule has 0 radical (unpaired) electrons. The monoisotopic (exact) mass is 320 g/mol. The maximum Gasteiger partial charge on any atom is 0.188 e. The van der Waals surface area contributed by atoms with Crippen LogP contribution in [0.4, 0.5) is 0 Å². The Labute approximate surface area is 140 Å². The van der Waals surface area contributed by atoms with Gasteiger partial charge in [0.15, 0.2) is 5.96 Å². The molecule has 5 nitrogen and oxygen atoms in total. The molecule has 2 aliphatic carbocycles. The van der Waals surface area contributed by atoms with E-state index in [1.165, 1.54) is 51.5 Å². The van der Waals surface area contributed by atoms with Crippen LogP contribution in [0.1, 0.15) is 51.9 Å². The number of likely N-dealkylation sites (tertiary alicyclic amines) is 1. The molecule has 0 aromatic carbocycles. The molecule has 2 saturated carbocycles. The normalized spacial score (nSPS) is 39.6. The molecule has 0 amide bonds. The summed E-state index contributed by atoms with van der Waals surface area (Å²) >= 11 is 0. The first-order valence-corrected chi connectivity index (χ1v) is 9.67. The Morgan fingerprint density at radius 1 is 1.30 bits per heavy atom. The summed E-state index contributed by atoms with van der Waals surface area (Å²) in [6.45, 7) is 6.36. The second-order valence-corrected chi connectivity index (χ2v) is 7.96. The molecule has 0 aromatic heterocycles. The minimum Gasteiger partial charge on any atom is -0.377 e. The molecular formula is C18H32N4O. The third kappa shape index (κ3) is 2.56. The van der Waals surface area contributed by atoms with Gasteiger partial charge in [-0.1, -0.05) is 19.8 Å². The maximum absolute atomic E-state index is 6.26. The zero-order chi connectivity index (χ0) is 15.9. The lowest BCUT2D eigenvalue weighted by Crippen LogP contribution is -2.69. The Balaban J connectivity index is 1.38. The number of ether oxygens (including phenoxy) is 1. The van der Waals surface area contributed by atoms with Gasteiger partial charge in [0.05, 0.1) is 12.6 Å². The zero-order valence-electron chi connectivity index (χ0n) is 14.5. The Kier molecular flexibility index (Phi) is 4.26. The third-order valence-corrected chi connectivity index (χ3v) is 6.97. The number of hydrogen-bond acceptors (Lipinski definition) is 3. The van der Waals surface area contributed by atoms with E-state index in [1.807, 2.05) is 0 Å². The molecule has 0 aromatic rings. The molecule has 4 fully saturated rings. The third-order valence-electron chi connectivity index (χ3n) is 6.97. The highest BCUT2D eigenvalue weighted by Gasteiger charge is 2.65. The van der Waals surface area contributed by atoms with Crippen LogP contribution in [0, 0.1) is 11.3 Å². The number of nitrogens with one attached hydrogen (secondary N) is 1. The van der Waals surface area contributed by atoms with Crippen molar-refractivity contribution in [2.24, 2.45) is 22.1 Å². The smallest absolute Gasteiger partial charge is 0.188 e. The molecule has 23 heavy (non-hydrogen) atoms. The van der Waals surface area contributed by atoms with Crippen molar-refractivity contribution in [3.8, 4) is 0 Å². The van der Waals surface area contributed by atoms with Gasteiger partial charge < -0.3 is 15.8 Å². The summed E-state index contributed by atoms with van der Waals surface area (Å²) in [5.41, 5.74) is 6.61. The van der Waals surface area contributed by atoms with E-state index in [1.54, 1.807) is 0 Å². The van der Waals surface area contributed by atoms with Gasteiger partial charge in [0.1, 0.15) is 0 Å². The summed E-state index contributed by atoms with van der Waals surface area (Å²) in [6.07, 6.45) is 9.51. The van der Waals surface area contributed by atoms with Gasteiger partial charge in [-0.15, -0.1) is 0 Å². The highest BCUT2D eigenvalue weighted by atomic mass is 16.5. The molecule has 4 atom stereocenters. The first-order valence-electron chi connectivity index (χ1n) is 9.67. The van der Waals surface area contributed by atoms with Gasteiger partial charge in [-0.2, -0.15) is 0 Å². The average Bonchev–Trinajstić information content (AvgIpc) is 3.29. The van der Waals surface area contributed by atoms with E-state index < -0.39 is 0 Å². The van der Waals surface area contributed by atoms with Crippen molar-refractivity contribution in [1.82, 2.24) is 10.2 Å². The van der Waals surface area contributed by atoms with Crippen molar-refractivity contribution in [3.05, 3.63) is 0 Å². The quantitative estimate of drug-likeness (QED) is 0.612. The minimum atomic E-state index is 0.351.